The van der Waals surface area contributed by atoms with Crippen LogP contribution in [0.25, 0.3) is 0 Å². The van der Waals surface area contributed by atoms with Crippen LogP contribution in [0.1, 0.15) is 20.7 Å². The molecular weight excluding hydrogens is 350 g/mol. The fraction of sp³-hybridized carbons (Fsp3) is 0.222. The van der Waals surface area contributed by atoms with Crippen LogP contribution >= 0.6 is 0 Å². The molecule has 0 aliphatic heterocycles. The third-order valence-electron chi connectivity index (χ3n) is 3.98. The predicted octanol–water partition coefficient (Wildman–Crippen LogP) is 1.30. The van der Waals surface area contributed by atoms with Gasteiger partial charge in [0.25, 0.3) is 5.91 Å². The van der Waals surface area contributed by atoms with Crippen LogP contribution in [-0.4, -0.2) is 39.5 Å². The normalized spacial score (nSPS) is 10.1. The summed E-state index contributed by atoms with van der Waals surface area (Å²) in [6.07, 6.45) is 0.687. The van der Waals surface area contributed by atoms with Crippen molar-refractivity contribution in [3.05, 3.63) is 35.4 Å². The van der Waals surface area contributed by atoms with Gasteiger partial charge in [-0.3, -0.25) is 9.59 Å². The Hall–Kier alpha value is -3.62. The summed E-state index contributed by atoms with van der Waals surface area (Å²) in [6.45, 7) is 1.01. The molecule has 2 aromatic rings. The van der Waals surface area contributed by atoms with Crippen LogP contribution < -0.4 is 37.3 Å². The zero-order valence-electron chi connectivity index (χ0n) is 15.2. The van der Waals surface area contributed by atoms with Crippen molar-refractivity contribution in [3.8, 4) is 11.5 Å². The number of amides is 1. The van der Waals surface area contributed by atoms with Gasteiger partial charge in [-0.2, -0.15) is 0 Å². The molecule has 144 valence electrons. The minimum absolute atomic E-state index is 0.216. The molecule has 1 amide bonds. The molecule has 27 heavy (non-hydrogen) atoms. The van der Waals surface area contributed by atoms with E-state index in [2.05, 4.69) is 10.6 Å². The lowest BCUT2D eigenvalue weighted by molar-refractivity contribution is 0.0997. The number of primary amides is 1. The molecule has 0 bridgehead atoms. The van der Waals surface area contributed by atoms with Crippen LogP contribution in [0.4, 0.5) is 22.7 Å². The molecule has 0 aromatic heterocycles. The van der Waals surface area contributed by atoms with E-state index >= 15 is 0 Å². The molecule has 0 aliphatic carbocycles. The highest BCUT2D eigenvalue weighted by atomic mass is 16.5. The Labute approximate surface area is 156 Å². The first-order valence-electron chi connectivity index (χ1n) is 8.10. The van der Waals surface area contributed by atoms with Crippen LogP contribution in [0.5, 0.6) is 11.5 Å². The fourth-order valence-electron chi connectivity index (χ4n) is 2.65. The molecule has 0 spiro atoms. The van der Waals surface area contributed by atoms with E-state index in [0.717, 1.165) is 0 Å². The van der Waals surface area contributed by atoms with E-state index in [9.17, 15) is 9.59 Å². The van der Waals surface area contributed by atoms with Gasteiger partial charge < -0.3 is 37.3 Å². The summed E-state index contributed by atoms with van der Waals surface area (Å²) in [7, 11) is 2.87. The fourth-order valence-corrected chi connectivity index (χ4v) is 2.65. The van der Waals surface area contributed by atoms with Gasteiger partial charge in [-0.15, -0.1) is 0 Å². The molecule has 8 N–H and O–H groups in total. The highest BCUT2D eigenvalue weighted by molar-refractivity contribution is 5.99. The standard InChI is InChI=1S/C18H23N5O4/c1-26-16-10(9-24)3-5-12(14(16)19)22-7-8-23-13-6-4-11(18(21)25)17(27-2)15(13)20/h3-6,9,22-23H,7-8,19-20H2,1-2H3,(H2,21,25). The molecule has 0 atom stereocenters. The first kappa shape index (κ1) is 19.7. The minimum Gasteiger partial charge on any atom is -0.494 e. The lowest BCUT2D eigenvalue weighted by Gasteiger charge is -2.16. The van der Waals surface area contributed by atoms with Crippen molar-refractivity contribution < 1.29 is 19.1 Å². The molecule has 0 radical (unpaired) electrons. The molecule has 0 saturated carbocycles. The number of hydrogen-bond acceptors (Lipinski definition) is 8. The molecule has 0 saturated heterocycles. The number of rotatable bonds is 9. The van der Waals surface area contributed by atoms with E-state index in [4.69, 9.17) is 26.7 Å². The Morgan fingerprint density at radius 2 is 1.48 bits per heavy atom. The number of carbonyl (C=O) groups excluding carboxylic acids is 2. The van der Waals surface area contributed by atoms with E-state index in [0.29, 0.717) is 53.4 Å². The number of ether oxygens (including phenoxy) is 2. The average molecular weight is 373 g/mol. The molecule has 0 fully saturated rings. The van der Waals surface area contributed by atoms with Gasteiger partial charge in [0, 0.05) is 13.1 Å². The van der Waals surface area contributed by atoms with Gasteiger partial charge in [0.15, 0.2) is 17.8 Å². The largest absolute Gasteiger partial charge is 0.494 e. The van der Waals surface area contributed by atoms with Gasteiger partial charge in [0.1, 0.15) is 0 Å². The summed E-state index contributed by atoms with van der Waals surface area (Å²) in [5.41, 5.74) is 19.9. The second-order valence-electron chi connectivity index (χ2n) is 5.59. The number of nitrogens with one attached hydrogen (secondary N) is 2. The van der Waals surface area contributed by atoms with Gasteiger partial charge in [-0.1, -0.05) is 0 Å². The molecule has 0 unspecified atom stereocenters. The smallest absolute Gasteiger partial charge is 0.252 e. The highest BCUT2D eigenvalue weighted by Crippen LogP contribution is 2.34. The topological polar surface area (TPSA) is 155 Å². The number of benzene rings is 2. The maximum atomic E-state index is 11.4. The number of nitrogens with two attached hydrogens (primary N) is 3. The van der Waals surface area contributed by atoms with Crippen molar-refractivity contribution >= 4 is 34.9 Å². The van der Waals surface area contributed by atoms with Gasteiger partial charge in [0.2, 0.25) is 0 Å². The average Bonchev–Trinajstić information content (AvgIpc) is 2.66. The van der Waals surface area contributed by atoms with Crippen molar-refractivity contribution in [1.82, 2.24) is 0 Å². The lowest BCUT2D eigenvalue weighted by Crippen LogP contribution is -2.17. The Kier molecular flexibility index (Phi) is 6.32. The van der Waals surface area contributed by atoms with Gasteiger partial charge in [-0.05, 0) is 24.3 Å². The zero-order valence-corrected chi connectivity index (χ0v) is 15.2. The monoisotopic (exact) mass is 373 g/mol. The van der Waals surface area contributed by atoms with Gasteiger partial charge in [0.05, 0.1) is 48.1 Å². The zero-order chi connectivity index (χ0) is 20.0. The van der Waals surface area contributed by atoms with Crippen molar-refractivity contribution in [1.29, 1.82) is 0 Å². The summed E-state index contributed by atoms with van der Waals surface area (Å²) in [5, 5.41) is 6.30. The van der Waals surface area contributed by atoms with E-state index in [-0.39, 0.29) is 11.3 Å². The lowest BCUT2D eigenvalue weighted by atomic mass is 10.1. The Morgan fingerprint density at radius 1 is 0.963 bits per heavy atom. The molecule has 0 heterocycles. The molecule has 0 aliphatic rings. The highest BCUT2D eigenvalue weighted by Gasteiger charge is 2.15. The number of anilines is 4. The van der Waals surface area contributed by atoms with E-state index in [1.165, 1.54) is 14.2 Å². The Balaban J connectivity index is 2.04. The number of nitrogen functional groups attached to an aromatic ring is 2. The van der Waals surface area contributed by atoms with Crippen LogP contribution in [0.3, 0.4) is 0 Å². The molecule has 2 aromatic carbocycles. The van der Waals surface area contributed by atoms with Crippen LogP contribution in [0.15, 0.2) is 24.3 Å². The minimum atomic E-state index is -0.616. The third kappa shape index (κ3) is 4.14. The van der Waals surface area contributed by atoms with Gasteiger partial charge in [-0.25, -0.2) is 0 Å². The summed E-state index contributed by atoms with van der Waals surface area (Å²) >= 11 is 0. The SMILES string of the molecule is COc1c(C=O)ccc(NCCNc2ccc(C(N)=O)c(OC)c2N)c1N. The molecular formula is C18H23N5O4. The van der Waals surface area contributed by atoms with Crippen molar-refractivity contribution in [3.63, 3.8) is 0 Å². The molecule has 2 rings (SSSR count). The van der Waals surface area contributed by atoms with Gasteiger partial charge >= 0.3 is 0 Å². The number of carbonyl (C=O) groups is 2. The van der Waals surface area contributed by atoms with E-state index < -0.39 is 5.91 Å². The maximum absolute atomic E-state index is 11.4. The quantitative estimate of drug-likeness (QED) is 0.250. The summed E-state index contributed by atoms with van der Waals surface area (Å²) in [5.74, 6) is -0.0483. The van der Waals surface area contributed by atoms with Crippen LogP contribution in [0, 0.1) is 0 Å². The molecule has 9 heteroatoms. The predicted molar refractivity (Wildman–Crippen MR) is 106 cm³/mol. The second kappa shape index (κ2) is 8.65. The summed E-state index contributed by atoms with van der Waals surface area (Å²) in [4.78, 5) is 22.4. The second-order valence-corrected chi connectivity index (χ2v) is 5.59. The Morgan fingerprint density at radius 3 is 1.96 bits per heavy atom. The van der Waals surface area contributed by atoms with Crippen molar-refractivity contribution in [2.45, 2.75) is 0 Å². The van der Waals surface area contributed by atoms with E-state index in [1.54, 1.807) is 24.3 Å². The summed E-state index contributed by atoms with van der Waals surface area (Å²) < 4.78 is 10.4. The number of hydrogen-bond donors (Lipinski definition) is 5. The van der Waals surface area contributed by atoms with Crippen LogP contribution in [-0.2, 0) is 0 Å². The first-order chi connectivity index (χ1) is 12.9. The third-order valence-corrected chi connectivity index (χ3v) is 3.98. The number of aldehydes is 1. The number of methoxy groups -OCH3 is 2. The summed E-state index contributed by atoms with van der Waals surface area (Å²) in [6, 6.07) is 6.55. The van der Waals surface area contributed by atoms with Crippen molar-refractivity contribution in [2.75, 3.05) is 49.4 Å². The van der Waals surface area contributed by atoms with Crippen molar-refractivity contribution in [2.24, 2.45) is 5.73 Å². The molecule has 9 nitrogen and oxygen atoms in total. The van der Waals surface area contributed by atoms with Crippen LogP contribution in [0.2, 0.25) is 0 Å². The Bertz CT molecular complexity index is 854. The maximum Gasteiger partial charge on any atom is 0.252 e. The first-order valence-corrected chi connectivity index (χ1v) is 8.10. The van der Waals surface area contributed by atoms with E-state index in [1.807, 2.05) is 0 Å².